The SMILES string of the molecule is Nc1ccc(N)c(CCCN2CCOCC2)c1. The van der Waals surface area contributed by atoms with Crippen molar-refractivity contribution in [2.45, 2.75) is 12.8 Å². The number of rotatable bonds is 4. The first-order valence-corrected chi connectivity index (χ1v) is 6.19. The summed E-state index contributed by atoms with van der Waals surface area (Å²) in [6.07, 6.45) is 2.11. The average molecular weight is 235 g/mol. The number of nitrogens with two attached hydrogens (primary N) is 2. The summed E-state index contributed by atoms with van der Waals surface area (Å²) in [6, 6.07) is 5.72. The van der Waals surface area contributed by atoms with Crippen molar-refractivity contribution in [3.05, 3.63) is 23.8 Å². The number of morpholine rings is 1. The molecule has 94 valence electrons. The Kier molecular flexibility index (Phi) is 4.23. The summed E-state index contributed by atoms with van der Waals surface area (Å²) < 4.78 is 5.32. The quantitative estimate of drug-likeness (QED) is 0.767. The van der Waals surface area contributed by atoms with Gasteiger partial charge in [0.1, 0.15) is 0 Å². The predicted octanol–water partition coefficient (Wildman–Crippen LogP) is 1.12. The fraction of sp³-hybridized carbons (Fsp3) is 0.538. The molecule has 0 aromatic heterocycles. The molecule has 0 atom stereocenters. The maximum atomic E-state index is 5.92. The predicted molar refractivity (Wildman–Crippen MR) is 70.8 cm³/mol. The number of anilines is 2. The van der Waals surface area contributed by atoms with Gasteiger partial charge in [-0.15, -0.1) is 0 Å². The first kappa shape index (κ1) is 12.2. The molecule has 1 aliphatic heterocycles. The monoisotopic (exact) mass is 235 g/mol. The van der Waals surface area contributed by atoms with Crippen molar-refractivity contribution in [1.29, 1.82) is 0 Å². The number of ether oxygens (including phenoxy) is 1. The van der Waals surface area contributed by atoms with E-state index in [0.717, 1.165) is 57.1 Å². The van der Waals surface area contributed by atoms with Crippen LogP contribution in [0.25, 0.3) is 0 Å². The molecule has 0 spiro atoms. The molecule has 0 unspecified atom stereocenters. The molecular weight excluding hydrogens is 214 g/mol. The standard InChI is InChI=1S/C13H21N3O/c14-12-3-4-13(15)11(10-12)2-1-5-16-6-8-17-9-7-16/h3-4,10H,1-2,5-9,14-15H2. The Balaban J connectivity index is 1.79. The minimum atomic E-state index is 0.792. The van der Waals surface area contributed by atoms with Gasteiger partial charge >= 0.3 is 0 Å². The largest absolute Gasteiger partial charge is 0.399 e. The lowest BCUT2D eigenvalue weighted by molar-refractivity contribution is 0.0375. The first-order valence-electron chi connectivity index (χ1n) is 6.19. The van der Waals surface area contributed by atoms with Crippen LogP contribution >= 0.6 is 0 Å². The van der Waals surface area contributed by atoms with E-state index in [1.54, 1.807) is 0 Å². The van der Waals surface area contributed by atoms with Crippen molar-refractivity contribution >= 4 is 11.4 Å². The van der Waals surface area contributed by atoms with Crippen LogP contribution in [0.2, 0.25) is 0 Å². The van der Waals surface area contributed by atoms with Crippen LogP contribution in [0.4, 0.5) is 11.4 Å². The number of nitrogens with zero attached hydrogens (tertiary/aromatic N) is 1. The Morgan fingerprint density at radius 3 is 2.71 bits per heavy atom. The van der Waals surface area contributed by atoms with Crippen molar-refractivity contribution in [3.8, 4) is 0 Å². The molecule has 1 fully saturated rings. The molecule has 0 amide bonds. The highest BCUT2D eigenvalue weighted by molar-refractivity contribution is 5.55. The van der Waals surface area contributed by atoms with Gasteiger partial charge in [0, 0.05) is 24.5 Å². The molecule has 17 heavy (non-hydrogen) atoms. The van der Waals surface area contributed by atoms with Crippen LogP contribution in [-0.4, -0.2) is 37.7 Å². The van der Waals surface area contributed by atoms with E-state index in [0.29, 0.717) is 0 Å². The van der Waals surface area contributed by atoms with Gasteiger partial charge in [-0.25, -0.2) is 0 Å². The minimum absolute atomic E-state index is 0.792. The molecule has 4 N–H and O–H groups in total. The maximum Gasteiger partial charge on any atom is 0.0594 e. The smallest absolute Gasteiger partial charge is 0.0594 e. The van der Waals surface area contributed by atoms with Gasteiger partial charge in [0.15, 0.2) is 0 Å². The number of hydrogen-bond donors (Lipinski definition) is 2. The summed E-state index contributed by atoms with van der Waals surface area (Å²) in [5.41, 5.74) is 14.5. The van der Waals surface area contributed by atoms with E-state index in [4.69, 9.17) is 16.2 Å². The number of benzene rings is 1. The summed E-state index contributed by atoms with van der Waals surface area (Å²) >= 11 is 0. The van der Waals surface area contributed by atoms with Crippen LogP contribution in [0.15, 0.2) is 18.2 Å². The summed E-state index contributed by atoms with van der Waals surface area (Å²) in [5, 5.41) is 0. The molecule has 0 bridgehead atoms. The van der Waals surface area contributed by atoms with Crippen LogP contribution in [-0.2, 0) is 11.2 Å². The lowest BCUT2D eigenvalue weighted by atomic mass is 10.1. The van der Waals surface area contributed by atoms with E-state index >= 15 is 0 Å². The number of nitrogen functional groups attached to an aromatic ring is 2. The Morgan fingerprint density at radius 1 is 1.18 bits per heavy atom. The molecule has 1 aromatic rings. The summed E-state index contributed by atoms with van der Waals surface area (Å²) in [6.45, 7) is 4.93. The van der Waals surface area contributed by atoms with E-state index in [1.165, 1.54) is 5.56 Å². The molecule has 2 rings (SSSR count). The second-order valence-corrected chi connectivity index (χ2v) is 4.52. The zero-order valence-corrected chi connectivity index (χ0v) is 10.2. The highest BCUT2D eigenvalue weighted by Crippen LogP contribution is 2.17. The van der Waals surface area contributed by atoms with Crippen molar-refractivity contribution in [2.75, 3.05) is 44.3 Å². The van der Waals surface area contributed by atoms with Gasteiger partial charge in [-0.2, -0.15) is 0 Å². The van der Waals surface area contributed by atoms with Gasteiger partial charge in [0.25, 0.3) is 0 Å². The normalized spacial score (nSPS) is 17.2. The third-order valence-electron chi connectivity index (χ3n) is 3.19. The van der Waals surface area contributed by atoms with Crippen molar-refractivity contribution in [1.82, 2.24) is 4.90 Å². The van der Waals surface area contributed by atoms with E-state index in [9.17, 15) is 0 Å². The van der Waals surface area contributed by atoms with Crippen LogP contribution in [0.3, 0.4) is 0 Å². The van der Waals surface area contributed by atoms with E-state index in [2.05, 4.69) is 4.90 Å². The van der Waals surface area contributed by atoms with Gasteiger partial charge in [0.05, 0.1) is 13.2 Å². The van der Waals surface area contributed by atoms with Gasteiger partial charge < -0.3 is 16.2 Å². The Bertz CT molecular complexity index is 362. The van der Waals surface area contributed by atoms with Gasteiger partial charge in [-0.3, -0.25) is 4.90 Å². The molecule has 4 nitrogen and oxygen atoms in total. The summed E-state index contributed by atoms with van der Waals surface area (Å²) in [5.74, 6) is 0. The molecule has 4 heteroatoms. The molecule has 1 aromatic carbocycles. The lowest BCUT2D eigenvalue weighted by Gasteiger charge is -2.26. The van der Waals surface area contributed by atoms with Crippen LogP contribution in [0.1, 0.15) is 12.0 Å². The summed E-state index contributed by atoms with van der Waals surface area (Å²) in [7, 11) is 0. The Labute approximate surface area is 103 Å². The molecular formula is C13H21N3O. The van der Waals surface area contributed by atoms with Crippen LogP contribution < -0.4 is 11.5 Å². The van der Waals surface area contributed by atoms with E-state index in [-0.39, 0.29) is 0 Å². The second-order valence-electron chi connectivity index (χ2n) is 4.52. The van der Waals surface area contributed by atoms with E-state index < -0.39 is 0 Å². The topological polar surface area (TPSA) is 64.5 Å². The Hall–Kier alpha value is -1.26. The van der Waals surface area contributed by atoms with Crippen molar-refractivity contribution in [3.63, 3.8) is 0 Å². The molecule has 0 radical (unpaired) electrons. The van der Waals surface area contributed by atoms with Gasteiger partial charge in [-0.05, 0) is 43.1 Å². The summed E-state index contributed by atoms with van der Waals surface area (Å²) in [4.78, 5) is 2.44. The minimum Gasteiger partial charge on any atom is -0.399 e. The third kappa shape index (κ3) is 3.61. The number of aryl methyl sites for hydroxylation is 1. The highest BCUT2D eigenvalue weighted by atomic mass is 16.5. The lowest BCUT2D eigenvalue weighted by Crippen LogP contribution is -2.36. The van der Waals surface area contributed by atoms with Gasteiger partial charge in [-0.1, -0.05) is 0 Å². The van der Waals surface area contributed by atoms with Crippen LogP contribution in [0.5, 0.6) is 0 Å². The number of hydrogen-bond acceptors (Lipinski definition) is 4. The molecule has 0 aliphatic carbocycles. The molecule has 1 saturated heterocycles. The molecule has 1 heterocycles. The fourth-order valence-corrected chi connectivity index (χ4v) is 2.16. The molecule has 1 aliphatic rings. The highest BCUT2D eigenvalue weighted by Gasteiger charge is 2.09. The van der Waals surface area contributed by atoms with Crippen LogP contribution in [0, 0.1) is 0 Å². The maximum absolute atomic E-state index is 5.92. The fourth-order valence-electron chi connectivity index (χ4n) is 2.16. The zero-order chi connectivity index (χ0) is 12.1. The van der Waals surface area contributed by atoms with Gasteiger partial charge in [0.2, 0.25) is 0 Å². The molecule has 0 saturated carbocycles. The third-order valence-corrected chi connectivity index (χ3v) is 3.19. The second kappa shape index (κ2) is 5.89. The van der Waals surface area contributed by atoms with Crippen molar-refractivity contribution < 1.29 is 4.74 Å². The first-order chi connectivity index (χ1) is 8.25. The Morgan fingerprint density at radius 2 is 1.94 bits per heavy atom. The van der Waals surface area contributed by atoms with E-state index in [1.807, 2.05) is 18.2 Å². The van der Waals surface area contributed by atoms with Crippen molar-refractivity contribution in [2.24, 2.45) is 0 Å². The average Bonchev–Trinajstić information content (AvgIpc) is 2.35. The zero-order valence-electron chi connectivity index (χ0n) is 10.2.